The minimum absolute atomic E-state index is 0.0761. The molecular formula is C19H32O4. The van der Waals surface area contributed by atoms with Crippen LogP contribution >= 0.6 is 0 Å². The molecule has 1 atom stereocenters. The maximum atomic E-state index is 11.7. The number of hydrogen-bond acceptors (Lipinski definition) is 4. The highest BCUT2D eigenvalue weighted by atomic mass is 16.5. The second-order valence-corrected chi connectivity index (χ2v) is 5.61. The molecule has 0 aromatic carbocycles. The second kappa shape index (κ2) is 15.4. The summed E-state index contributed by atoms with van der Waals surface area (Å²) in [4.78, 5) is 23.3. The van der Waals surface area contributed by atoms with Gasteiger partial charge in [-0.1, -0.05) is 46.0 Å². The van der Waals surface area contributed by atoms with Crippen LogP contribution in [0, 0.1) is 11.8 Å². The highest BCUT2D eigenvalue weighted by Gasteiger charge is 2.13. The molecule has 0 saturated heterocycles. The van der Waals surface area contributed by atoms with Crippen LogP contribution in [-0.4, -0.2) is 24.6 Å². The van der Waals surface area contributed by atoms with E-state index in [1.54, 1.807) is 0 Å². The number of esters is 2. The molecule has 1 unspecified atom stereocenters. The smallest absolute Gasteiger partial charge is 0.306 e. The zero-order valence-electron chi connectivity index (χ0n) is 15.0. The molecule has 0 rings (SSSR count). The summed E-state index contributed by atoms with van der Waals surface area (Å²) < 4.78 is 10.4. The first-order chi connectivity index (χ1) is 11.1. The lowest BCUT2D eigenvalue weighted by Crippen LogP contribution is -2.18. The van der Waals surface area contributed by atoms with Crippen molar-refractivity contribution in [3.8, 4) is 11.8 Å². The molecule has 0 heterocycles. The predicted octanol–water partition coefficient (Wildman–Crippen LogP) is 4.41. The molecule has 0 aliphatic carbocycles. The van der Waals surface area contributed by atoms with Crippen LogP contribution in [0.3, 0.4) is 0 Å². The maximum Gasteiger partial charge on any atom is 0.306 e. The largest absolute Gasteiger partial charge is 0.466 e. The van der Waals surface area contributed by atoms with Gasteiger partial charge in [0, 0.05) is 12.8 Å². The van der Waals surface area contributed by atoms with Gasteiger partial charge in [-0.2, -0.15) is 0 Å². The molecule has 0 saturated carbocycles. The Morgan fingerprint density at radius 3 is 2.30 bits per heavy atom. The summed E-state index contributed by atoms with van der Waals surface area (Å²) in [5.41, 5.74) is 0. The van der Waals surface area contributed by atoms with Gasteiger partial charge in [0.25, 0.3) is 0 Å². The van der Waals surface area contributed by atoms with Gasteiger partial charge in [-0.05, 0) is 19.3 Å². The van der Waals surface area contributed by atoms with Crippen molar-refractivity contribution in [2.75, 3.05) is 6.61 Å². The van der Waals surface area contributed by atoms with Gasteiger partial charge in [-0.3, -0.25) is 9.59 Å². The van der Waals surface area contributed by atoms with E-state index >= 15 is 0 Å². The fourth-order valence-corrected chi connectivity index (χ4v) is 1.90. The SMILES string of the molecule is CCCC#CCC(CC)OC(=O)CCC(=O)OCCCCCC. The third-order valence-corrected chi connectivity index (χ3v) is 3.38. The van der Waals surface area contributed by atoms with Gasteiger partial charge in [0.2, 0.25) is 0 Å². The average Bonchev–Trinajstić information content (AvgIpc) is 2.55. The van der Waals surface area contributed by atoms with Crippen LogP contribution in [0.2, 0.25) is 0 Å². The van der Waals surface area contributed by atoms with Crippen molar-refractivity contribution >= 4 is 11.9 Å². The molecule has 0 fully saturated rings. The minimum Gasteiger partial charge on any atom is -0.466 e. The lowest BCUT2D eigenvalue weighted by molar-refractivity contribution is -0.153. The number of unbranched alkanes of at least 4 members (excludes halogenated alkanes) is 4. The van der Waals surface area contributed by atoms with Crippen LogP contribution < -0.4 is 0 Å². The molecule has 0 radical (unpaired) electrons. The molecule has 4 heteroatoms. The monoisotopic (exact) mass is 324 g/mol. The lowest BCUT2D eigenvalue weighted by Gasteiger charge is -2.13. The first kappa shape index (κ1) is 21.5. The molecule has 0 N–H and O–H groups in total. The molecule has 0 aliphatic rings. The molecule has 0 aliphatic heterocycles. The molecule has 0 amide bonds. The van der Waals surface area contributed by atoms with Crippen LogP contribution in [0.4, 0.5) is 0 Å². The van der Waals surface area contributed by atoms with Gasteiger partial charge in [0.05, 0.1) is 19.4 Å². The van der Waals surface area contributed by atoms with E-state index in [0.717, 1.165) is 44.9 Å². The van der Waals surface area contributed by atoms with E-state index in [2.05, 4.69) is 25.7 Å². The Kier molecular flexibility index (Phi) is 14.4. The summed E-state index contributed by atoms with van der Waals surface area (Å²) in [6, 6.07) is 0. The first-order valence-electron chi connectivity index (χ1n) is 8.94. The van der Waals surface area contributed by atoms with Crippen molar-refractivity contribution in [2.45, 2.75) is 91.1 Å². The quantitative estimate of drug-likeness (QED) is 0.303. The number of hydrogen-bond donors (Lipinski definition) is 0. The maximum absolute atomic E-state index is 11.7. The van der Waals surface area contributed by atoms with Gasteiger partial charge in [0.15, 0.2) is 0 Å². The Bertz CT molecular complexity index is 379. The summed E-state index contributed by atoms with van der Waals surface area (Å²) in [6.07, 6.45) is 7.44. The minimum atomic E-state index is -0.350. The van der Waals surface area contributed by atoms with E-state index in [0.29, 0.717) is 13.0 Å². The van der Waals surface area contributed by atoms with Gasteiger partial charge >= 0.3 is 11.9 Å². The second-order valence-electron chi connectivity index (χ2n) is 5.61. The van der Waals surface area contributed by atoms with Gasteiger partial charge < -0.3 is 9.47 Å². The molecule has 0 aromatic rings. The van der Waals surface area contributed by atoms with Crippen LogP contribution in [0.15, 0.2) is 0 Å². The van der Waals surface area contributed by atoms with Crippen molar-refractivity contribution in [3.05, 3.63) is 0 Å². The fourth-order valence-electron chi connectivity index (χ4n) is 1.90. The van der Waals surface area contributed by atoms with Crippen LogP contribution in [0.25, 0.3) is 0 Å². The van der Waals surface area contributed by atoms with E-state index in [1.807, 2.05) is 6.92 Å². The summed E-state index contributed by atoms with van der Waals surface area (Å²) >= 11 is 0. The summed E-state index contributed by atoms with van der Waals surface area (Å²) in [7, 11) is 0. The topological polar surface area (TPSA) is 52.6 Å². The zero-order chi connectivity index (χ0) is 17.3. The van der Waals surface area contributed by atoms with Crippen molar-refractivity contribution in [1.29, 1.82) is 0 Å². The van der Waals surface area contributed by atoms with E-state index in [1.165, 1.54) is 0 Å². The Morgan fingerprint density at radius 2 is 1.65 bits per heavy atom. The summed E-state index contributed by atoms with van der Waals surface area (Å²) in [6.45, 7) is 6.62. The Labute approximate surface area is 141 Å². The fraction of sp³-hybridized carbons (Fsp3) is 0.789. The van der Waals surface area contributed by atoms with E-state index < -0.39 is 0 Å². The highest BCUT2D eigenvalue weighted by molar-refractivity contribution is 5.77. The van der Waals surface area contributed by atoms with E-state index in [9.17, 15) is 9.59 Å². The number of ether oxygens (including phenoxy) is 2. The molecule has 23 heavy (non-hydrogen) atoms. The van der Waals surface area contributed by atoms with Gasteiger partial charge in [-0.15, -0.1) is 5.92 Å². The normalized spacial score (nSPS) is 11.3. The first-order valence-corrected chi connectivity index (χ1v) is 8.94. The Hall–Kier alpha value is -1.50. The van der Waals surface area contributed by atoms with Crippen LogP contribution in [-0.2, 0) is 19.1 Å². The van der Waals surface area contributed by atoms with Gasteiger partial charge in [0.1, 0.15) is 6.10 Å². The van der Waals surface area contributed by atoms with Crippen molar-refractivity contribution in [3.63, 3.8) is 0 Å². The predicted molar refractivity (Wildman–Crippen MR) is 91.8 cm³/mol. The molecule has 132 valence electrons. The molecule has 0 spiro atoms. The Balaban J connectivity index is 3.82. The summed E-state index contributed by atoms with van der Waals surface area (Å²) in [5.74, 6) is 5.40. The molecule has 0 bridgehead atoms. The number of carbonyl (C=O) groups is 2. The van der Waals surface area contributed by atoms with E-state index in [4.69, 9.17) is 9.47 Å². The van der Waals surface area contributed by atoms with Crippen molar-refractivity contribution in [2.24, 2.45) is 0 Å². The third-order valence-electron chi connectivity index (χ3n) is 3.38. The average molecular weight is 324 g/mol. The van der Waals surface area contributed by atoms with E-state index in [-0.39, 0.29) is 30.9 Å². The molecular weight excluding hydrogens is 292 g/mol. The standard InChI is InChI=1S/C19H32O4/c1-4-7-9-11-13-17(6-3)23-19(21)15-14-18(20)22-16-12-10-8-5-2/h17H,4-8,10,12-16H2,1-3H3. The van der Waals surface area contributed by atoms with Crippen LogP contribution in [0.1, 0.15) is 85.0 Å². The third kappa shape index (κ3) is 13.9. The molecule has 0 aromatic heterocycles. The zero-order valence-corrected chi connectivity index (χ0v) is 15.0. The van der Waals surface area contributed by atoms with Crippen molar-refractivity contribution < 1.29 is 19.1 Å². The summed E-state index contributed by atoms with van der Waals surface area (Å²) in [5, 5.41) is 0. The van der Waals surface area contributed by atoms with Gasteiger partial charge in [-0.25, -0.2) is 0 Å². The van der Waals surface area contributed by atoms with Crippen LogP contribution in [0.5, 0.6) is 0 Å². The molecule has 4 nitrogen and oxygen atoms in total. The Morgan fingerprint density at radius 1 is 0.913 bits per heavy atom. The lowest BCUT2D eigenvalue weighted by atomic mass is 10.2. The van der Waals surface area contributed by atoms with Crippen molar-refractivity contribution in [1.82, 2.24) is 0 Å². The highest BCUT2D eigenvalue weighted by Crippen LogP contribution is 2.07. The number of carbonyl (C=O) groups excluding carboxylic acids is 2. The number of rotatable bonds is 12.